The van der Waals surface area contributed by atoms with Crippen LogP contribution in [0, 0.1) is 0 Å². The average Bonchev–Trinajstić information content (AvgIpc) is 3.13. The summed E-state index contributed by atoms with van der Waals surface area (Å²) in [5, 5.41) is 6.18. The van der Waals surface area contributed by atoms with Gasteiger partial charge in [-0.1, -0.05) is 24.3 Å². The number of carbonyl (C=O) groups is 1. The molecule has 1 N–H and O–H groups in total. The fourth-order valence-electron chi connectivity index (χ4n) is 2.96. The normalized spacial score (nSPS) is 16.5. The molecule has 0 aliphatic heterocycles. The molecular weight excluding hydrogens is 312 g/mol. The number of nitrogens with one attached hydrogen (secondary N) is 1. The van der Waals surface area contributed by atoms with Gasteiger partial charge in [0.2, 0.25) is 5.91 Å². The van der Waals surface area contributed by atoms with Gasteiger partial charge in [-0.3, -0.25) is 4.79 Å². The molecule has 0 saturated carbocycles. The van der Waals surface area contributed by atoms with Crippen molar-refractivity contribution in [3.8, 4) is 0 Å². The van der Waals surface area contributed by atoms with Crippen LogP contribution in [0.25, 0.3) is 0 Å². The zero-order chi connectivity index (χ0) is 15.4. The minimum atomic E-state index is 0.126. The first-order valence-corrected chi connectivity index (χ1v) is 9.80. The molecule has 116 valence electrons. The first-order chi connectivity index (χ1) is 10.8. The van der Waals surface area contributed by atoms with Crippen LogP contribution in [0.1, 0.15) is 40.6 Å². The molecule has 3 rings (SSSR count). The highest BCUT2D eigenvalue weighted by Crippen LogP contribution is 2.35. The van der Waals surface area contributed by atoms with E-state index >= 15 is 0 Å². The second-order valence-corrected chi connectivity index (χ2v) is 7.39. The largest absolute Gasteiger partial charge is 0.350 e. The zero-order valence-electron chi connectivity index (χ0n) is 12.7. The molecule has 1 aromatic heterocycles. The van der Waals surface area contributed by atoms with E-state index < -0.39 is 0 Å². The van der Waals surface area contributed by atoms with E-state index in [1.807, 2.05) is 5.38 Å². The van der Waals surface area contributed by atoms with Gasteiger partial charge in [0, 0.05) is 17.6 Å². The van der Waals surface area contributed by atoms with E-state index in [4.69, 9.17) is 0 Å². The SMILES string of the molecule is CSCc1nc(CNC(=O)C[C@H]2CCc3ccccc32)cs1. The summed E-state index contributed by atoms with van der Waals surface area (Å²) in [5.41, 5.74) is 3.73. The average molecular weight is 332 g/mol. The number of carbonyl (C=O) groups excluding carboxylic acids is 1. The van der Waals surface area contributed by atoms with Crippen LogP contribution in [-0.2, 0) is 23.5 Å². The summed E-state index contributed by atoms with van der Waals surface area (Å²) in [6, 6.07) is 8.48. The maximum Gasteiger partial charge on any atom is 0.220 e. The van der Waals surface area contributed by atoms with E-state index in [0.29, 0.717) is 18.9 Å². The van der Waals surface area contributed by atoms with E-state index in [-0.39, 0.29) is 5.91 Å². The Morgan fingerprint density at radius 1 is 1.45 bits per heavy atom. The summed E-state index contributed by atoms with van der Waals surface area (Å²) in [7, 11) is 0. The smallest absolute Gasteiger partial charge is 0.220 e. The Kier molecular flexibility index (Phi) is 5.16. The molecule has 1 atom stereocenters. The Hall–Kier alpha value is -1.33. The maximum atomic E-state index is 12.2. The highest BCUT2D eigenvalue weighted by atomic mass is 32.2. The zero-order valence-corrected chi connectivity index (χ0v) is 14.3. The van der Waals surface area contributed by atoms with Crippen molar-refractivity contribution in [1.29, 1.82) is 0 Å². The third kappa shape index (κ3) is 3.70. The summed E-state index contributed by atoms with van der Waals surface area (Å²) in [4.78, 5) is 16.7. The number of fused-ring (bicyclic) bond motifs is 1. The Morgan fingerprint density at radius 2 is 2.32 bits per heavy atom. The number of aryl methyl sites for hydroxylation is 1. The predicted molar refractivity (Wildman–Crippen MR) is 93.3 cm³/mol. The standard InChI is InChI=1S/C17H20N2OS2/c1-21-11-17-19-14(10-22-17)9-18-16(20)8-13-7-6-12-4-2-3-5-15(12)13/h2-5,10,13H,6-9,11H2,1H3,(H,18,20)/t13-/m1/s1. The summed E-state index contributed by atoms with van der Waals surface area (Å²) in [6.45, 7) is 0.540. The Morgan fingerprint density at radius 3 is 3.18 bits per heavy atom. The minimum Gasteiger partial charge on any atom is -0.350 e. The van der Waals surface area contributed by atoms with Crippen molar-refractivity contribution >= 4 is 29.0 Å². The molecule has 5 heteroatoms. The predicted octanol–water partition coefficient (Wildman–Crippen LogP) is 3.74. The quantitative estimate of drug-likeness (QED) is 0.876. The molecule has 22 heavy (non-hydrogen) atoms. The number of benzene rings is 1. The van der Waals surface area contributed by atoms with E-state index in [1.54, 1.807) is 23.1 Å². The molecular formula is C17H20N2OS2. The molecule has 0 saturated heterocycles. The second-order valence-electron chi connectivity index (χ2n) is 5.58. The number of thioether (sulfide) groups is 1. The van der Waals surface area contributed by atoms with Crippen LogP contribution < -0.4 is 5.32 Å². The molecule has 1 aromatic carbocycles. The molecule has 2 aromatic rings. The highest BCUT2D eigenvalue weighted by molar-refractivity contribution is 7.97. The van der Waals surface area contributed by atoms with E-state index in [1.165, 1.54) is 11.1 Å². The summed E-state index contributed by atoms with van der Waals surface area (Å²) >= 11 is 3.43. The van der Waals surface area contributed by atoms with Crippen molar-refractivity contribution < 1.29 is 4.79 Å². The van der Waals surface area contributed by atoms with Gasteiger partial charge in [0.25, 0.3) is 0 Å². The molecule has 0 spiro atoms. The lowest BCUT2D eigenvalue weighted by Gasteiger charge is -2.11. The Bertz CT molecular complexity index is 654. The minimum absolute atomic E-state index is 0.126. The molecule has 1 aliphatic rings. The first-order valence-electron chi connectivity index (χ1n) is 7.53. The van der Waals surface area contributed by atoms with Gasteiger partial charge in [-0.2, -0.15) is 11.8 Å². The van der Waals surface area contributed by atoms with Crippen molar-refractivity contribution in [3.63, 3.8) is 0 Å². The molecule has 0 bridgehead atoms. The number of aromatic nitrogens is 1. The second kappa shape index (κ2) is 7.29. The third-order valence-electron chi connectivity index (χ3n) is 4.02. The maximum absolute atomic E-state index is 12.2. The number of nitrogens with zero attached hydrogens (tertiary/aromatic N) is 1. The van der Waals surface area contributed by atoms with Crippen molar-refractivity contribution in [2.45, 2.75) is 37.5 Å². The van der Waals surface area contributed by atoms with Crippen LogP contribution in [0.2, 0.25) is 0 Å². The summed E-state index contributed by atoms with van der Waals surface area (Å²) in [5.74, 6) is 1.44. The summed E-state index contributed by atoms with van der Waals surface area (Å²) in [6.07, 6.45) is 4.83. The van der Waals surface area contributed by atoms with Gasteiger partial charge in [0.15, 0.2) is 0 Å². The lowest BCUT2D eigenvalue weighted by Crippen LogP contribution is -2.24. The Labute approximate surface area is 139 Å². The van der Waals surface area contributed by atoms with Crippen LogP contribution in [0.4, 0.5) is 0 Å². The van der Waals surface area contributed by atoms with E-state index in [9.17, 15) is 4.79 Å². The number of amides is 1. The molecule has 1 amide bonds. The van der Waals surface area contributed by atoms with Crippen molar-refractivity contribution in [1.82, 2.24) is 10.3 Å². The van der Waals surface area contributed by atoms with Crippen LogP contribution in [0.5, 0.6) is 0 Å². The van der Waals surface area contributed by atoms with Crippen LogP contribution in [-0.4, -0.2) is 17.1 Å². The van der Waals surface area contributed by atoms with Gasteiger partial charge in [-0.05, 0) is 36.1 Å². The van der Waals surface area contributed by atoms with Crippen molar-refractivity contribution in [2.24, 2.45) is 0 Å². The number of hydrogen-bond donors (Lipinski definition) is 1. The van der Waals surface area contributed by atoms with Crippen molar-refractivity contribution in [2.75, 3.05) is 6.26 Å². The van der Waals surface area contributed by atoms with Gasteiger partial charge in [-0.15, -0.1) is 11.3 Å². The monoisotopic (exact) mass is 332 g/mol. The lowest BCUT2D eigenvalue weighted by molar-refractivity contribution is -0.121. The fourth-order valence-corrected chi connectivity index (χ4v) is 4.48. The van der Waals surface area contributed by atoms with E-state index in [0.717, 1.165) is 29.3 Å². The van der Waals surface area contributed by atoms with Crippen molar-refractivity contribution in [3.05, 3.63) is 51.5 Å². The third-order valence-corrected chi connectivity index (χ3v) is 5.67. The van der Waals surface area contributed by atoms with E-state index in [2.05, 4.69) is 40.8 Å². The molecule has 1 aliphatic carbocycles. The van der Waals surface area contributed by atoms with Crippen LogP contribution >= 0.6 is 23.1 Å². The number of rotatable bonds is 6. The molecule has 0 radical (unpaired) electrons. The molecule has 0 fully saturated rings. The Balaban J connectivity index is 1.51. The van der Waals surface area contributed by atoms with Gasteiger partial charge in [0.1, 0.15) is 5.01 Å². The first kappa shape index (κ1) is 15.6. The molecule has 0 unspecified atom stereocenters. The lowest BCUT2D eigenvalue weighted by atomic mass is 9.97. The van der Waals surface area contributed by atoms with Gasteiger partial charge in [0.05, 0.1) is 12.2 Å². The van der Waals surface area contributed by atoms with Gasteiger partial charge < -0.3 is 5.32 Å². The number of thiazole rings is 1. The van der Waals surface area contributed by atoms with Crippen LogP contribution in [0.3, 0.4) is 0 Å². The summed E-state index contributed by atoms with van der Waals surface area (Å²) < 4.78 is 0. The van der Waals surface area contributed by atoms with Gasteiger partial charge >= 0.3 is 0 Å². The fraction of sp³-hybridized carbons (Fsp3) is 0.412. The van der Waals surface area contributed by atoms with Crippen LogP contribution in [0.15, 0.2) is 29.6 Å². The highest BCUT2D eigenvalue weighted by Gasteiger charge is 2.24. The topological polar surface area (TPSA) is 42.0 Å². The molecule has 3 nitrogen and oxygen atoms in total. The van der Waals surface area contributed by atoms with Gasteiger partial charge in [-0.25, -0.2) is 4.98 Å². The molecule has 1 heterocycles. The number of hydrogen-bond acceptors (Lipinski definition) is 4.